The lowest BCUT2D eigenvalue weighted by atomic mass is 9.93. The Hall–Kier alpha value is -2.19. The van der Waals surface area contributed by atoms with Gasteiger partial charge in [0.25, 0.3) is 0 Å². The predicted octanol–water partition coefficient (Wildman–Crippen LogP) is 7.93. The van der Waals surface area contributed by atoms with Crippen molar-refractivity contribution in [2.24, 2.45) is 0 Å². The Labute approximate surface area is 170 Å². The first-order valence-corrected chi connectivity index (χ1v) is 10.2. The number of fused-ring (bicyclic) bond motifs is 3. The van der Waals surface area contributed by atoms with Crippen LogP contribution in [0.25, 0.3) is 31.4 Å². The molecule has 2 heteroatoms. The summed E-state index contributed by atoms with van der Waals surface area (Å²) in [6, 6.07) is 14.4. The van der Waals surface area contributed by atoms with Crippen LogP contribution in [0.2, 0.25) is 0 Å². The zero-order valence-corrected chi connectivity index (χ0v) is 17.4. The molecule has 27 heavy (non-hydrogen) atoms. The number of hydrogen-bond acceptors (Lipinski definition) is 2. The normalized spacial score (nSPS) is 14.5. The standard InChI is InChI=1S/C25H27NS/c1-6-17-13-24-22(14-21(17)16(4)5)19-8-7-9-20(25(19)27-24)23-12-18(15(2)3)10-11-26-23/h7-16H,6H2,1-5H3/i6D2,15D. The summed E-state index contributed by atoms with van der Waals surface area (Å²) in [5, 5.41) is 2.35. The highest BCUT2D eigenvalue weighted by Gasteiger charge is 2.15. The molecule has 0 unspecified atom stereocenters. The number of aryl methyl sites for hydroxylation is 1. The quantitative estimate of drug-likeness (QED) is 0.352. The van der Waals surface area contributed by atoms with Gasteiger partial charge in [0.1, 0.15) is 0 Å². The highest BCUT2D eigenvalue weighted by molar-refractivity contribution is 7.26. The second-order valence-electron chi connectivity index (χ2n) is 7.55. The van der Waals surface area contributed by atoms with Crippen molar-refractivity contribution >= 4 is 31.5 Å². The van der Waals surface area contributed by atoms with Crippen LogP contribution in [-0.2, 0) is 6.37 Å². The summed E-state index contributed by atoms with van der Waals surface area (Å²) < 4.78 is 27.3. The molecule has 0 aliphatic carbocycles. The van der Waals surface area contributed by atoms with E-state index in [2.05, 4.69) is 43.1 Å². The van der Waals surface area contributed by atoms with E-state index in [1.807, 2.05) is 32.0 Å². The van der Waals surface area contributed by atoms with Crippen LogP contribution in [-0.4, -0.2) is 4.98 Å². The van der Waals surface area contributed by atoms with Crippen molar-refractivity contribution in [3.05, 3.63) is 65.4 Å². The van der Waals surface area contributed by atoms with Gasteiger partial charge in [-0.05, 0) is 59.1 Å². The van der Waals surface area contributed by atoms with Crippen LogP contribution in [0.1, 0.15) is 67.2 Å². The summed E-state index contributed by atoms with van der Waals surface area (Å²) in [4.78, 5) is 4.61. The van der Waals surface area contributed by atoms with E-state index in [1.54, 1.807) is 24.5 Å². The van der Waals surface area contributed by atoms with Crippen LogP contribution in [0.3, 0.4) is 0 Å². The van der Waals surface area contributed by atoms with E-state index in [-0.39, 0.29) is 5.92 Å². The highest BCUT2D eigenvalue weighted by Crippen LogP contribution is 2.41. The molecule has 1 nitrogen and oxygen atoms in total. The Kier molecular flexibility index (Phi) is 3.89. The molecule has 0 aliphatic heterocycles. The number of thiophene rings is 1. The lowest BCUT2D eigenvalue weighted by Crippen LogP contribution is -1.94. The molecule has 4 aromatic rings. The Morgan fingerprint density at radius 2 is 1.89 bits per heavy atom. The van der Waals surface area contributed by atoms with Crippen molar-refractivity contribution in [1.82, 2.24) is 4.98 Å². The van der Waals surface area contributed by atoms with E-state index in [0.717, 1.165) is 37.3 Å². The molecule has 0 spiro atoms. The van der Waals surface area contributed by atoms with E-state index in [0.29, 0.717) is 0 Å². The van der Waals surface area contributed by atoms with Gasteiger partial charge in [-0.25, -0.2) is 0 Å². The smallest absolute Gasteiger partial charge is 0.0719 e. The molecule has 0 amide bonds. The van der Waals surface area contributed by atoms with Crippen molar-refractivity contribution in [2.75, 3.05) is 0 Å². The number of nitrogens with zero attached hydrogens (tertiary/aromatic N) is 1. The van der Waals surface area contributed by atoms with Gasteiger partial charge in [-0.3, -0.25) is 4.98 Å². The summed E-state index contributed by atoms with van der Waals surface area (Å²) in [7, 11) is 0. The van der Waals surface area contributed by atoms with Gasteiger partial charge in [-0.2, -0.15) is 0 Å². The summed E-state index contributed by atoms with van der Waals surface area (Å²) in [5.74, 6) is -0.435. The second kappa shape index (κ2) is 7.09. The molecule has 2 heterocycles. The largest absolute Gasteiger partial charge is 0.256 e. The zero-order chi connectivity index (χ0) is 21.8. The minimum Gasteiger partial charge on any atom is -0.256 e. The van der Waals surface area contributed by atoms with Gasteiger partial charge < -0.3 is 0 Å². The van der Waals surface area contributed by atoms with E-state index in [4.69, 9.17) is 4.11 Å². The average molecular weight is 377 g/mol. The van der Waals surface area contributed by atoms with Gasteiger partial charge in [0.05, 0.1) is 5.69 Å². The van der Waals surface area contributed by atoms with Crippen molar-refractivity contribution < 1.29 is 4.11 Å². The molecule has 0 bridgehead atoms. The maximum atomic E-state index is 8.37. The first-order chi connectivity index (χ1) is 14.0. The fourth-order valence-corrected chi connectivity index (χ4v) is 4.89. The van der Waals surface area contributed by atoms with Gasteiger partial charge in [-0.1, -0.05) is 52.8 Å². The van der Waals surface area contributed by atoms with Crippen LogP contribution >= 0.6 is 11.3 Å². The van der Waals surface area contributed by atoms with Gasteiger partial charge in [-0.15, -0.1) is 11.3 Å². The molecule has 0 atom stereocenters. The molecular weight excluding hydrogens is 346 g/mol. The summed E-state index contributed by atoms with van der Waals surface area (Å²) in [5.41, 5.74) is 4.71. The van der Waals surface area contributed by atoms with Crippen molar-refractivity contribution in [3.8, 4) is 11.3 Å². The predicted molar refractivity (Wildman–Crippen MR) is 120 cm³/mol. The first-order valence-electron chi connectivity index (χ1n) is 10.9. The van der Waals surface area contributed by atoms with Crippen LogP contribution < -0.4 is 0 Å². The molecule has 0 aliphatic rings. The summed E-state index contributed by atoms with van der Waals surface area (Å²) >= 11 is 1.69. The third kappa shape index (κ3) is 3.17. The minimum atomic E-state index is -1.39. The maximum absolute atomic E-state index is 8.37. The monoisotopic (exact) mass is 376 g/mol. The fourth-order valence-electron chi connectivity index (χ4n) is 3.65. The maximum Gasteiger partial charge on any atom is 0.0719 e. The van der Waals surface area contributed by atoms with Crippen LogP contribution in [0, 0.1) is 0 Å². The molecule has 2 aromatic heterocycles. The molecule has 4 rings (SSSR count). The molecule has 0 radical (unpaired) electrons. The van der Waals surface area contributed by atoms with E-state index in [1.165, 1.54) is 10.8 Å². The van der Waals surface area contributed by atoms with E-state index >= 15 is 0 Å². The number of pyridine rings is 1. The Morgan fingerprint density at radius 1 is 1.07 bits per heavy atom. The lowest BCUT2D eigenvalue weighted by molar-refractivity contribution is 0.847. The fraction of sp³-hybridized carbons (Fsp3) is 0.320. The molecule has 2 aromatic carbocycles. The molecule has 0 fully saturated rings. The molecule has 0 saturated carbocycles. The van der Waals surface area contributed by atoms with Gasteiger partial charge >= 0.3 is 0 Å². The van der Waals surface area contributed by atoms with E-state index in [9.17, 15) is 0 Å². The Balaban J connectivity index is 2.00. The number of benzene rings is 2. The van der Waals surface area contributed by atoms with Crippen LogP contribution in [0.4, 0.5) is 0 Å². The minimum absolute atomic E-state index is 0.246. The van der Waals surface area contributed by atoms with Gasteiger partial charge in [0.2, 0.25) is 0 Å². The third-order valence-electron chi connectivity index (χ3n) is 5.17. The van der Waals surface area contributed by atoms with Gasteiger partial charge in [0, 0.05) is 36.0 Å². The van der Waals surface area contributed by atoms with Crippen molar-refractivity contribution in [1.29, 1.82) is 0 Å². The molecular formula is C25H27NS. The Morgan fingerprint density at radius 3 is 2.59 bits per heavy atom. The van der Waals surface area contributed by atoms with Crippen molar-refractivity contribution in [3.63, 3.8) is 0 Å². The Bertz CT molecular complexity index is 1240. The van der Waals surface area contributed by atoms with Gasteiger partial charge in [0.15, 0.2) is 0 Å². The summed E-state index contributed by atoms with van der Waals surface area (Å²) in [6.07, 6.45) is 0.399. The number of rotatable bonds is 4. The SMILES string of the molecule is [2H]C([2H])(C)c1cc2sc3c(-c4cc(C([2H])(C)C)ccn4)cccc3c2cc1C(C)C. The molecule has 138 valence electrons. The van der Waals surface area contributed by atoms with Crippen LogP contribution in [0.15, 0.2) is 48.7 Å². The topological polar surface area (TPSA) is 12.9 Å². The summed E-state index contributed by atoms with van der Waals surface area (Å²) in [6.45, 7) is 9.65. The van der Waals surface area contributed by atoms with Crippen LogP contribution in [0.5, 0.6) is 0 Å². The lowest BCUT2D eigenvalue weighted by Gasteiger charge is -2.12. The molecule has 0 N–H and O–H groups in total. The third-order valence-corrected chi connectivity index (χ3v) is 6.38. The zero-order valence-electron chi connectivity index (χ0n) is 19.6. The van der Waals surface area contributed by atoms with E-state index < -0.39 is 12.3 Å². The number of aromatic nitrogens is 1. The van der Waals surface area contributed by atoms with Crippen molar-refractivity contribution in [2.45, 2.75) is 52.8 Å². The average Bonchev–Trinajstić information content (AvgIpc) is 3.03. The highest BCUT2D eigenvalue weighted by atomic mass is 32.1. The second-order valence-corrected chi connectivity index (χ2v) is 8.61. The molecule has 0 saturated heterocycles. The first kappa shape index (κ1) is 14.8. The number of hydrogen-bond donors (Lipinski definition) is 0.